The van der Waals surface area contributed by atoms with Crippen LogP contribution >= 0.6 is 0 Å². The highest BCUT2D eigenvalue weighted by molar-refractivity contribution is 5.99. The van der Waals surface area contributed by atoms with Gasteiger partial charge in [-0.2, -0.15) is 0 Å². The number of carbonyl (C=O) groups is 1. The molecule has 0 bridgehead atoms. The van der Waals surface area contributed by atoms with Crippen LogP contribution in [0.5, 0.6) is 5.75 Å². The van der Waals surface area contributed by atoms with Crippen molar-refractivity contribution in [3.05, 3.63) is 54.0 Å². The van der Waals surface area contributed by atoms with E-state index in [0.717, 1.165) is 67.2 Å². The molecule has 3 aromatic rings. The van der Waals surface area contributed by atoms with Crippen molar-refractivity contribution < 1.29 is 13.9 Å². The van der Waals surface area contributed by atoms with Crippen LogP contribution in [-0.4, -0.2) is 54.6 Å². The van der Waals surface area contributed by atoms with Crippen LogP contribution < -0.4 is 15.0 Å². The number of H-pyrrole nitrogens is 1. The van der Waals surface area contributed by atoms with Gasteiger partial charge < -0.3 is 19.9 Å². The number of fused-ring (bicyclic) bond motifs is 2. The van der Waals surface area contributed by atoms with Crippen LogP contribution in [0.4, 0.5) is 15.8 Å². The van der Waals surface area contributed by atoms with Crippen molar-refractivity contribution >= 4 is 28.2 Å². The van der Waals surface area contributed by atoms with Crippen LogP contribution in [-0.2, 0) is 11.2 Å². The van der Waals surface area contributed by atoms with Gasteiger partial charge >= 0.3 is 0 Å². The van der Waals surface area contributed by atoms with E-state index in [9.17, 15) is 9.18 Å². The molecule has 2 unspecified atom stereocenters. The van der Waals surface area contributed by atoms with Gasteiger partial charge in [-0.1, -0.05) is 13.0 Å². The standard InChI is InChI=1S/C25H29FN4O2/c1-16(12-18-14-27-21-7-6-19(26)13-20(18)21)15-29-8-10-30(11-9-29)23-5-3-4-22-24(23)32-17(2)25(31)28-22/h3-7,13-14,16-17,27H,8-12,15H2,1-2H3,(H,28,31). The molecule has 2 atom stereocenters. The summed E-state index contributed by atoms with van der Waals surface area (Å²) in [7, 11) is 0. The molecule has 1 amide bonds. The predicted octanol–water partition coefficient (Wildman–Crippen LogP) is 4.03. The average molecular weight is 437 g/mol. The number of piperazine rings is 1. The largest absolute Gasteiger partial charge is 0.477 e. The van der Waals surface area contributed by atoms with E-state index in [0.29, 0.717) is 5.92 Å². The van der Waals surface area contributed by atoms with Crippen molar-refractivity contribution in [3.8, 4) is 5.75 Å². The molecule has 2 N–H and O–H groups in total. The summed E-state index contributed by atoms with van der Waals surface area (Å²) in [5.74, 6) is 0.940. The normalized spacial score (nSPS) is 20.0. The molecule has 1 aromatic heterocycles. The number of carbonyl (C=O) groups excluding carboxylic acids is 1. The lowest BCUT2D eigenvalue weighted by atomic mass is 9.99. The zero-order valence-corrected chi connectivity index (χ0v) is 18.5. The molecule has 0 aliphatic carbocycles. The smallest absolute Gasteiger partial charge is 0.265 e. The number of aromatic nitrogens is 1. The molecular formula is C25H29FN4O2. The van der Waals surface area contributed by atoms with Gasteiger partial charge in [0.2, 0.25) is 0 Å². The Morgan fingerprint density at radius 3 is 2.81 bits per heavy atom. The van der Waals surface area contributed by atoms with Gasteiger partial charge in [0.1, 0.15) is 5.82 Å². The number of nitrogens with zero attached hydrogens (tertiary/aromatic N) is 2. The molecule has 168 valence electrons. The van der Waals surface area contributed by atoms with E-state index >= 15 is 0 Å². The first kappa shape index (κ1) is 20.8. The number of para-hydroxylation sites is 1. The maximum atomic E-state index is 13.7. The molecule has 6 nitrogen and oxygen atoms in total. The lowest BCUT2D eigenvalue weighted by Crippen LogP contribution is -2.48. The third-order valence-corrected chi connectivity index (χ3v) is 6.50. The van der Waals surface area contributed by atoms with Crippen LogP contribution in [0.3, 0.4) is 0 Å². The summed E-state index contributed by atoms with van der Waals surface area (Å²) in [6.07, 6.45) is 2.45. The zero-order chi connectivity index (χ0) is 22.2. The number of ether oxygens (including phenoxy) is 1. The molecule has 1 fully saturated rings. The van der Waals surface area contributed by atoms with Gasteiger partial charge in [0.25, 0.3) is 5.91 Å². The van der Waals surface area contributed by atoms with Gasteiger partial charge in [-0.3, -0.25) is 9.69 Å². The molecule has 32 heavy (non-hydrogen) atoms. The van der Waals surface area contributed by atoms with Gasteiger partial charge in [-0.05, 0) is 55.2 Å². The number of nitrogens with one attached hydrogen (secondary N) is 2. The molecule has 2 aliphatic rings. The first-order valence-corrected chi connectivity index (χ1v) is 11.3. The van der Waals surface area contributed by atoms with Crippen LogP contribution in [0.15, 0.2) is 42.6 Å². The maximum Gasteiger partial charge on any atom is 0.265 e. The topological polar surface area (TPSA) is 60.6 Å². The lowest BCUT2D eigenvalue weighted by Gasteiger charge is -2.38. The second kappa shape index (κ2) is 8.47. The Hall–Kier alpha value is -3.06. The molecule has 0 saturated carbocycles. The van der Waals surface area contributed by atoms with Crippen LogP contribution in [0.25, 0.3) is 10.9 Å². The van der Waals surface area contributed by atoms with Gasteiger partial charge in [0.05, 0.1) is 11.4 Å². The number of rotatable bonds is 5. The number of hydrogen-bond acceptors (Lipinski definition) is 4. The van der Waals surface area contributed by atoms with E-state index in [1.807, 2.05) is 18.3 Å². The summed E-state index contributed by atoms with van der Waals surface area (Å²) >= 11 is 0. The summed E-state index contributed by atoms with van der Waals surface area (Å²) in [5, 5.41) is 3.92. The first-order chi connectivity index (χ1) is 15.5. The fourth-order valence-corrected chi connectivity index (χ4v) is 4.83. The van der Waals surface area contributed by atoms with Crippen molar-refractivity contribution in [2.75, 3.05) is 42.9 Å². The monoisotopic (exact) mass is 436 g/mol. The van der Waals surface area contributed by atoms with E-state index in [1.165, 1.54) is 11.6 Å². The number of anilines is 2. The molecule has 1 saturated heterocycles. The van der Waals surface area contributed by atoms with E-state index in [2.05, 4.69) is 33.1 Å². The number of aromatic amines is 1. The van der Waals surface area contributed by atoms with Crippen LogP contribution in [0.2, 0.25) is 0 Å². The third-order valence-electron chi connectivity index (χ3n) is 6.50. The predicted molar refractivity (Wildman–Crippen MR) is 125 cm³/mol. The highest BCUT2D eigenvalue weighted by Crippen LogP contribution is 2.39. The minimum Gasteiger partial charge on any atom is -0.477 e. The lowest BCUT2D eigenvalue weighted by molar-refractivity contribution is -0.122. The number of benzene rings is 2. The molecular weight excluding hydrogens is 407 g/mol. The second-order valence-corrected chi connectivity index (χ2v) is 9.00. The van der Waals surface area contributed by atoms with Crippen molar-refractivity contribution in [1.29, 1.82) is 0 Å². The Labute approximate surface area is 187 Å². The SMILES string of the molecule is CC(Cc1c[nH]c2ccc(F)cc12)CN1CCN(c2cccc3c2OC(C)C(=O)N3)CC1. The Kier molecular flexibility index (Phi) is 5.51. The summed E-state index contributed by atoms with van der Waals surface area (Å²) in [4.78, 5) is 20.0. The van der Waals surface area contributed by atoms with Crippen LogP contribution in [0, 0.1) is 11.7 Å². The maximum absolute atomic E-state index is 13.7. The van der Waals surface area contributed by atoms with Crippen LogP contribution in [0.1, 0.15) is 19.4 Å². The number of amides is 1. The molecule has 2 aromatic carbocycles. The van der Waals surface area contributed by atoms with Gasteiger partial charge in [-0.25, -0.2) is 4.39 Å². The van der Waals surface area contributed by atoms with Crippen molar-refractivity contribution in [1.82, 2.24) is 9.88 Å². The Morgan fingerprint density at radius 1 is 1.19 bits per heavy atom. The number of hydrogen-bond donors (Lipinski definition) is 2. The van der Waals surface area contributed by atoms with E-state index < -0.39 is 6.10 Å². The minimum atomic E-state index is -0.483. The first-order valence-electron chi connectivity index (χ1n) is 11.3. The molecule has 7 heteroatoms. The van der Waals surface area contributed by atoms with E-state index in [4.69, 9.17) is 4.74 Å². The fraction of sp³-hybridized carbons (Fsp3) is 0.400. The van der Waals surface area contributed by atoms with Gasteiger partial charge in [-0.15, -0.1) is 0 Å². The highest BCUT2D eigenvalue weighted by atomic mass is 19.1. The summed E-state index contributed by atoms with van der Waals surface area (Å²) in [5.41, 5.74) is 3.95. The summed E-state index contributed by atoms with van der Waals surface area (Å²) in [6, 6.07) is 10.8. The highest BCUT2D eigenvalue weighted by Gasteiger charge is 2.28. The van der Waals surface area contributed by atoms with Crippen molar-refractivity contribution in [2.45, 2.75) is 26.4 Å². The third kappa shape index (κ3) is 4.05. The van der Waals surface area contributed by atoms with Gasteiger partial charge in [0.15, 0.2) is 11.9 Å². The summed E-state index contributed by atoms with van der Waals surface area (Å²) < 4.78 is 19.6. The molecule has 0 radical (unpaired) electrons. The minimum absolute atomic E-state index is 0.105. The average Bonchev–Trinajstić information content (AvgIpc) is 3.16. The fourth-order valence-electron chi connectivity index (χ4n) is 4.83. The van der Waals surface area contributed by atoms with Crippen molar-refractivity contribution in [3.63, 3.8) is 0 Å². The van der Waals surface area contributed by atoms with E-state index in [1.54, 1.807) is 19.1 Å². The molecule has 2 aliphatic heterocycles. The molecule has 0 spiro atoms. The Bertz CT molecular complexity index is 1140. The van der Waals surface area contributed by atoms with Crippen molar-refractivity contribution in [2.24, 2.45) is 5.92 Å². The quantitative estimate of drug-likeness (QED) is 0.634. The Balaban J connectivity index is 1.20. The Morgan fingerprint density at radius 2 is 2.00 bits per heavy atom. The van der Waals surface area contributed by atoms with E-state index in [-0.39, 0.29) is 11.7 Å². The number of halogens is 1. The van der Waals surface area contributed by atoms with Gasteiger partial charge in [0, 0.05) is 49.8 Å². The molecule has 3 heterocycles. The summed E-state index contributed by atoms with van der Waals surface area (Å²) in [6.45, 7) is 8.80. The second-order valence-electron chi connectivity index (χ2n) is 9.00. The molecule has 5 rings (SSSR count). The zero-order valence-electron chi connectivity index (χ0n) is 18.5.